The normalized spacial score (nSPS) is 18.8. The summed E-state index contributed by atoms with van der Waals surface area (Å²) in [7, 11) is 0. The van der Waals surface area contributed by atoms with Gasteiger partial charge in [0.2, 0.25) is 0 Å². The number of ketones is 2. The van der Waals surface area contributed by atoms with E-state index in [1.54, 1.807) is 6.92 Å². The van der Waals surface area contributed by atoms with Crippen LogP contribution in [-0.2, 0) is 9.59 Å². The number of carbonyl (C=O) groups is 2. The minimum Gasteiger partial charge on any atom is -0.299 e. The van der Waals surface area contributed by atoms with Gasteiger partial charge in [-0.1, -0.05) is 54.6 Å². The van der Waals surface area contributed by atoms with Crippen LogP contribution >= 0.6 is 0 Å². The van der Waals surface area contributed by atoms with Gasteiger partial charge in [0, 0.05) is 12.8 Å². The van der Waals surface area contributed by atoms with Crippen molar-refractivity contribution >= 4 is 17.6 Å². The molecule has 1 aromatic rings. The Kier molecular flexibility index (Phi) is 4.10. The number of benzene rings is 1. The van der Waals surface area contributed by atoms with E-state index in [9.17, 15) is 9.59 Å². The van der Waals surface area contributed by atoms with Crippen LogP contribution in [0.3, 0.4) is 0 Å². The minimum absolute atomic E-state index is 0.0780. The van der Waals surface area contributed by atoms with Crippen LogP contribution in [0.4, 0.5) is 0 Å². The number of hydrogen-bond donors (Lipinski definition) is 0. The molecule has 0 radical (unpaired) electrons. The molecule has 0 heterocycles. The molecule has 2 nitrogen and oxygen atoms in total. The van der Waals surface area contributed by atoms with Gasteiger partial charge in [-0.2, -0.15) is 0 Å². The first-order chi connectivity index (χ1) is 9.13. The van der Waals surface area contributed by atoms with Gasteiger partial charge in [-0.15, -0.1) is 0 Å². The largest absolute Gasteiger partial charge is 0.299 e. The predicted octanol–water partition coefficient (Wildman–Crippen LogP) is 3.58. The van der Waals surface area contributed by atoms with Gasteiger partial charge in [0.25, 0.3) is 0 Å². The second-order valence-corrected chi connectivity index (χ2v) is 5.08. The summed E-state index contributed by atoms with van der Waals surface area (Å²) in [5, 5.41) is 0. The number of allylic oxidation sites excluding steroid dienone is 3. The van der Waals surface area contributed by atoms with E-state index in [4.69, 9.17) is 0 Å². The Morgan fingerprint density at radius 3 is 2.32 bits per heavy atom. The molecule has 0 amide bonds. The van der Waals surface area contributed by atoms with Gasteiger partial charge in [-0.05, 0) is 18.9 Å². The van der Waals surface area contributed by atoms with Gasteiger partial charge in [-0.3, -0.25) is 9.59 Å². The Morgan fingerprint density at radius 2 is 1.68 bits per heavy atom. The highest BCUT2D eigenvalue weighted by atomic mass is 16.2. The van der Waals surface area contributed by atoms with E-state index in [0.717, 1.165) is 5.56 Å². The lowest BCUT2D eigenvalue weighted by Gasteiger charge is -2.17. The highest BCUT2D eigenvalue weighted by Crippen LogP contribution is 2.34. The molecule has 2 rings (SSSR count). The fourth-order valence-electron chi connectivity index (χ4n) is 2.28. The molecule has 1 aliphatic carbocycles. The van der Waals surface area contributed by atoms with Crippen molar-refractivity contribution in [3.05, 3.63) is 54.1 Å². The molecular formula is C17H18O2. The molecule has 0 unspecified atom stereocenters. The fraction of sp³-hybridized carbons (Fsp3) is 0.294. The molecule has 0 N–H and O–H groups in total. The molecule has 98 valence electrons. The van der Waals surface area contributed by atoms with E-state index >= 15 is 0 Å². The second kappa shape index (κ2) is 5.79. The van der Waals surface area contributed by atoms with Gasteiger partial charge in [0.05, 0.1) is 5.41 Å². The first-order valence-corrected chi connectivity index (χ1v) is 6.58. The van der Waals surface area contributed by atoms with E-state index in [2.05, 4.69) is 0 Å². The lowest BCUT2D eigenvalue weighted by Crippen LogP contribution is -2.28. The third kappa shape index (κ3) is 3.08. The summed E-state index contributed by atoms with van der Waals surface area (Å²) < 4.78 is 0. The smallest absolute Gasteiger partial charge is 0.146 e. The highest BCUT2D eigenvalue weighted by molar-refractivity contribution is 6.12. The van der Waals surface area contributed by atoms with Gasteiger partial charge in [0.1, 0.15) is 11.6 Å². The van der Waals surface area contributed by atoms with Crippen LogP contribution in [0.1, 0.15) is 31.7 Å². The Labute approximate surface area is 113 Å². The fourth-order valence-corrected chi connectivity index (χ4v) is 2.28. The van der Waals surface area contributed by atoms with E-state index in [-0.39, 0.29) is 11.6 Å². The molecule has 2 heteroatoms. The molecule has 0 bridgehead atoms. The van der Waals surface area contributed by atoms with E-state index in [1.807, 2.05) is 54.6 Å². The number of hydrogen-bond acceptors (Lipinski definition) is 2. The lowest BCUT2D eigenvalue weighted by atomic mass is 9.83. The zero-order valence-corrected chi connectivity index (χ0v) is 11.1. The van der Waals surface area contributed by atoms with Gasteiger partial charge >= 0.3 is 0 Å². The Morgan fingerprint density at radius 1 is 1.05 bits per heavy atom. The average molecular weight is 254 g/mol. The SMILES string of the molecule is CC1(C/C=C/C=C/c2ccccc2)C(=O)CCC1=O. The van der Waals surface area contributed by atoms with E-state index in [0.29, 0.717) is 19.3 Å². The first-order valence-electron chi connectivity index (χ1n) is 6.58. The Balaban J connectivity index is 1.92. The van der Waals surface area contributed by atoms with Crippen LogP contribution in [0.2, 0.25) is 0 Å². The third-order valence-corrected chi connectivity index (χ3v) is 3.67. The molecular weight excluding hydrogens is 236 g/mol. The number of rotatable bonds is 4. The van der Waals surface area contributed by atoms with Crippen molar-refractivity contribution in [2.45, 2.75) is 26.2 Å². The van der Waals surface area contributed by atoms with Crippen LogP contribution in [0.15, 0.2) is 48.6 Å². The molecule has 1 saturated carbocycles. The standard InChI is InChI=1S/C17H18O2/c1-17(15(18)11-12-16(17)19)13-7-3-6-10-14-8-4-2-5-9-14/h2-10H,11-13H2,1H3/b7-3+,10-6+. The monoisotopic (exact) mass is 254 g/mol. The molecule has 1 aliphatic rings. The highest BCUT2D eigenvalue weighted by Gasteiger charge is 2.43. The Bertz CT molecular complexity index is 507. The van der Waals surface area contributed by atoms with E-state index in [1.165, 1.54) is 0 Å². The van der Waals surface area contributed by atoms with Crippen molar-refractivity contribution in [3.8, 4) is 0 Å². The summed E-state index contributed by atoms with van der Waals surface area (Å²) >= 11 is 0. The summed E-state index contributed by atoms with van der Waals surface area (Å²) in [4.78, 5) is 23.4. The molecule has 0 aliphatic heterocycles. The second-order valence-electron chi connectivity index (χ2n) is 5.08. The lowest BCUT2D eigenvalue weighted by molar-refractivity contribution is -0.133. The molecule has 0 atom stereocenters. The average Bonchev–Trinajstić information content (AvgIpc) is 2.68. The van der Waals surface area contributed by atoms with Gasteiger partial charge < -0.3 is 0 Å². The van der Waals surface area contributed by atoms with Crippen molar-refractivity contribution in [1.82, 2.24) is 0 Å². The minimum atomic E-state index is -0.781. The summed E-state index contributed by atoms with van der Waals surface area (Å²) in [6, 6.07) is 10.00. The maximum Gasteiger partial charge on any atom is 0.146 e. The van der Waals surface area contributed by atoms with Crippen molar-refractivity contribution in [1.29, 1.82) is 0 Å². The van der Waals surface area contributed by atoms with Gasteiger partial charge in [-0.25, -0.2) is 0 Å². The van der Waals surface area contributed by atoms with E-state index < -0.39 is 5.41 Å². The predicted molar refractivity (Wildman–Crippen MR) is 76.6 cm³/mol. The molecule has 0 aromatic heterocycles. The molecule has 1 aromatic carbocycles. The molecule has 0 saturated heterocycles. The van der Waals surface area contributed by atoms with Crippen molar-refractivity contribution in [2.75, 3.05) is 0 Å². The van der Waals surface area contributed by atoms with Crippen LogP contribution < -0.4 is 0 Å². The number of carbonyl (C=O) groups excluding carboxylic acids is 2. The topological polar surface area (TPSA) is 34.1 Å². The maximum absolute atomic E-state index is 11.7. The van der Waals surface area contributed by atoms with Crippen molar-refractivity contribution < 1.29 is 9.59 Å². The first kappa shape index (κ1) is 13.5. The number of Topliss-reactive ketones (excluding diaryl/α,β-unsaturated/α-hetero) is 2. The van der Waals surface area contributed by atoms with Crippen molar-refractivity contribution in [2.24, 2.45) is 5.41 Å². The van der Waals surface area contributed by atoms with Gasteiger partial charge in [0.15, 0.2) is 0 Å². The third-order valence-electron chi connectivity index (χ3n) is 3.67. The van der Waals surface area contributed by atoms with Crippen molar-refractivity contribution in [3.63, 3.8) is 0 Å². The van der Waals surface area contributed by atoms with Crippen LogP contribution in [0.25, 0.3) is 6.08 Å². The van der Waals surface area contributed by atoms with Crippen LogP contribution in [0, 0.1) is 5.41 Å². The summed E-state index contributed by atoms with van der Waals surface area (Å²) in [6.45, 7) is 1.76. The summed E-state index contributed by atoms with van der Waals surface area (Å²) in [5.74, 6) is 0.156. The Hall–Kier alpha value is -1.96. The zero-order valence-electron chi connectivity index (χ0n) is 11.1. The zero-order chi connectivity index (χ0) is 13.7. The molecule has 0 spiro atoms. The summed E-state index contributed by atoms with van der Waals surface area (Å²) in [6.07, 6.45) is 9.05. The molecule has 19 heavy (non-hydrogen) atoms. The quantitative estimate of drug-likeness (QED) is 0.608. The van der Waals surface area contributed by atoms with Crippen LogP contribution in [-0.4, -0.2) is 11.6 Å². The molecule has 1 fully saturated rings. The summed E-state index contributed by atoms with van der Waals surface area (Å²) in [5.41, 5.74) is 0.350. The maximum atomic E-state index is 11.7. The van der Waals surface area contributed by atoms with Crippen LogP contribution in [0.5, 0.6) is 0 Å².